The van der Waals surface area contributed by atoms with Crippen LogP contribution in [-0.4, -0.2) is 52.7 Å². The molecule has 12 nitrogen and oxygen atoms in total. The fourth-order valence-corrected chi connectivity index (χ4v) is 4.53. The fourth-order valence-electron chi connectivity index (χ4n) is 3.47. The Morgan fingerprint density at radius 2 is 1.77 bits per heavy atom. The van der Waals surface area contributed by atoms with E-state index in [4.69, 9.17) is 18.3 Å². The Bertz CT molecular complexity index is 1420. The highest BCUT2D eigenvalue weighted by atomic mass is 32.2. The molecule has 0 amide bonds. The highest BCUT2D eigenvalue weighted by molar-refractivity contribution is 7.93. The van der Waals surface area contributed by atoms with Gasteiger partial charge in [0.05, 0.1) is 14.2 Å². The Kier molecular flexibility index (Phi) is 6.54. The second kappa shape index (κ2) is 9.43. The van der Waals surface area contributed by atoms with Gasteiger partial charge in [0, 0.05) is 6.92 Å². The number of ether oxygens (including phenoxy) is 2. The van der Waals surface area contributed by atoms with E-state index >= 15 is 0 Å². The van der Waals surface area contributed by atoms with Crippen LogP contribution >= 0.6 is 0 Å². The minimum Gasteiger partial charge on any atom is -0.494 e. The molecule has 2 unspecified atom stereocenters. The van der Waals surface area contributed by atoms with E-state index in [1.165, 1.54) is 32.0 Å². The molecule has 0 aliphatic heterocycles. The zero-order valence-electron chi connectivity index (χ0n) is 19.7. The topological polar surface area (TPSA) is 155 Å². The second-order valence-corrected chi connectivity index (χ2v) is 9.73. The molecular formula is C22H25N5O7S. The highest BCUT2D eigenvalue weighted by Gasteiger charge is 2.34. The average Bonchev–Trinajstić information content (AvgIpc) is 3.57. The Balaban J connectivity index is 1.83. The zero-order chi connectivity index (χ0) is 25.3. The first-order valence-corrected chi connectivity index (χ1v) is 12.1. The van der Waals surface area contributed by atoms with Crippen LogP contribution in [0.1, 0.15) is 30.4 Å². The summed E-state index contributed by atoms with van der Waals surface area (Å²) in [6.45, 7) is 4.71. The van der Waals surface area contributed by atoms with Gasteiger partial charge in [-0.1, -0.05) is 6.07 Å². The predicted octanol–water partition coefficient (Wildman–Crippen LogP) is 3.01. The van der Waals surface area contributed by atoms with Crippen LogP contribution in [0.25, 0.3) is 17.3 Å². The third-order valence-corrected chi connectivity index (χ3v) is 7.06. The monoisotopic (exact) mass is 503 g/mol. The summed E-state index contributed by atoms with van der Waals surface area (Å²) in [6.07, 6.45) is -0.236. The number of aliphatic hydroxyl groups excluding tert-OH is 1. The first-order valence-electron chi connectivity index (χ1n) is 10.5. The largest absolute Gasteiger partial charge is 0.494 e. The third kappa shape index (κ3) is 4.59. The number of anilines is 1. The van der Waals surface area contributed by atoms with E-state index in [-0.39, 0.29) is 17.5 Å². The van der Waals surface area contributed by atoms with Crippen molar-refractivity contribution in [2.75, 3.05) is 18.9 Å². The van der Waals surface area contributed by atoms with Gasteiger partial charge in [-0.25, -0.2) is 13.4 Å². The molecule has 4 rings (SSSR count). The van der Waals surface area contributed by atoms with Crippen molar-refractivity contribution in [3.63, 3.8) is 0 Å². The molecule has 35 heavy (non-hydrogen) atoms. The number of hydrogen-bond acceptors (Lipinski definition) is 10. The maximum absolute atomic E-state index is 13.3. The van der Waals surface area contributed by atoms with Gasteiger partial charge in [0.2, 0.25) is 21.8 Å². The lowest BCUT2D eigenvalue weighted by atomic mass is 10.2. The lowest BCUT2D eigenvalue weighted by Crippen LogP contribution is -2.32. The molecule has 0 radical (unpaired) electrons. The number of aromatic nitrogens is 4. The maximum Gasteiger partial charge on any atom is 0.243 e. The van der Waals surface area contributed by atoms with Gasteiger partial charge >= 0.3 is 0 Å². The number of methoxy groups -OCH3 is 2. The number of rotatable bonds is 9. The normalized spacial score (nSPS) is 13.4. The molecule has 2 N–H and O–H groups in total. The lowest BCUT2D eigenvalue weighted by Gasteiger charge is -2.20. The predicted molar refractivity (Wildman–Crippen MR) is 125 cm³/mol. The second-order valence-electron chi connectivity index (χ2n) is 7.69. The summed E-state index contributed by atoms with van der Waals surface area (Å²) in [6, 6.07) is 8.54. The van der Waals surface area contributed by atoms with Crippen molar-refractivity contribution in [3.05, 3.63) is 53.9 Å². The fraction of sp³-hybridized carbons (Fsp3) is 0.318. The highest BCUT2D eigenvalue weighted by Crippen LogP contribution is 2.38. The first-order chi connectivity index (χ1) is 16.7. The molecule has 3 heterocycles. The number of hydrogen-bond donors (Lipinski definition) is 2. The van der Waals surface area contributed by atoms with E-state index in [2.05, 4.69) is 19.9 Å². The lowest BCUT2D eigenvalue weighted by molar-refractivity contribution is 0.171. The quantitative estimate of drug-likeness (QED) is 0.348. The Labute approximate surface area is 201 Å². The van der Waals surface area contributed by atoms with E-state index in [9.17, 15) is 13.5 Å². The van der Waals surface area contributed by atoms with Crippen LogP contribution in [0.2, 0.25) is 0 Å². The van der Waals surface area contributed by atoms with Gasteiger partial charge in [-0.2, -0.15) is 0 Å². The molecule has 0 bridgehead atoms. The van der Waals surface area contributed by atoms with Gasteiger partial charge in [-0.15, -0.1) is 10.2 Å². The first kappa shape index (κ1) is 24.3. The minimum absolute atomic E-state index is 0.0972. The molecule has 4 aromatic rings. The van der Waals surface area contributed by atoms with E-state index < -0.39 is 21.4 Å². The SMILES string of the molecule is COc1cccc(OC)c1-n1c(NS(=O)(=O)C(C)C(O)c2coc(C)n2)nnc1-c1ccc(C)o1. The Morgan fingerprint density at radius 3 is 2.31 bits per heavy atom. The van der Waals surface area contributed by atoms with Crippen LogP contribution in [-0.2, 0) is 10.0 Å². The van der Waals surface area contributed by atoms with Crippen LogP contribution in [0.3, 0.4) is 0 Å². The van der Waals surface area contributed by atoms with Gasteiger partial charge < -0.3 is 23.4 Å². The summed E-state index contributed by atoms with van der Waals surface area (Å²) in [4.78, 5) is 4.02. The van der Waals surface area contributed by atoms with Gasteiger partial charge in [0.1, 0.15) is 46.3 Å². The van der Waals surface area contributed by atoms with Gasteiger partial charge in [-0.3, -0.25) is 9.29 Å². The Hall–Kier alpha value is -3.84. The van der Waals surface area contributed by atoms with Crippen molar-refractivity contribution in [3.8, 4) is 28.8 Å². The number of aryl methyl sites for hydroxylation is 2. The molecule has 1 aromatic carbocycles. The van der Waals surface area contributed by atoms with Crippen molar-refractivity contribution in [1.29, 1.82) is 0 Å². The molecule has 0 saturated carbocycles. The van der Waals surface area contributed by atoms with E-state index in [0.717, 1.165) is 0 Å². The van der Waals surface area contributed by atoms with Crippen molar-refractivity contribution >= 4 is 16.0 Å². The molecule has 2 atom stereocenters. The summed E-state index contributed by atoms with van der Waals surface area (Å²) >= 11 is 0. The number of nitrogens with one attached hydrogen (secondary N) is 1. The smallest absolute Gasteiger partial charge is 0.243 e. The molecule has 186 valence electrons. The zero-order valence-corrected chi connectivity index (χ0v) is 20.5. The van der Waals surface area contributed by atoms with E-state index in [1.807, 2.05) is 0 Å². The standard InChI is InChI=1S/C22H25N5O7S/c1-12-9-10-18(34-12)21-24-25-22(27(21)19-16(31-4)7-6-8-17(19)32-5)26-35(29,30)13(2)20(28)15-11-33-14(3)23-15/h6-11,13,20,28H,1-5H3,(H,25,26). The van der Waals surface area contributed by atoms with E-state index in [1.54, 1.807) is 44.2 Å². The van der Waals surface area contributed by atoms with Crippen molar-refractivity contribution < 1.29 is 31.8 Å². The van der Waals surface area contributed by atoms with Crippen molar-refractivity contribution in [2.24, 2.45) is 0 Å². The number of para-hydroxylation sites is 1. The molecular weight excluding hydrogens is 478 g/mol. The van der Waals surface area contributed by atoms with Crippen LogP contribution in [0.5, 0.6) is 11.5 Å². The molecule has 13 heteroatoms. The van der Waals surface area contributed by atoms with Gasteiger partial charge in [-0.05, 0) is 38.1 Å². The van der Waals surface area contributed by atoms with Crippen LogP contribution in [0.4, 0.5) is 5.95 Å². The molecule has 3 aromatic heterocycles. The summed E-state index contributed by atoms with van der Waals surface area (Å²) in [5.41, 5.74) is 0.449. The molecule has 0 fully saturated rings. The number of aliphatic hydroxyl groups is 1. The number of nitrogens with zero attached hydrogens (tertiary/aromatic N) is 4. The molecule has 0 saturated heterocycles. The maximum atomic E-state index is 13.3. The molecule has 0 aliphatic carbocycles. The number of furan rings is 1. The number of sulfonamides is 1. The van der Waals surface area contributed by atoms with E-state index in [0.29, 0.717) is 34.6 Å². The Morgan fingerprint density at radius 1 is 1.09 bits per heavy atom. The van der Waals surface area contributed by atoms with Crippen LogP contribution in [0, 0.1) is 13.8 Å². The summed E-state index contributed by atoms with van der Waals surface area (Å²) in [5.74, 6) is 2.08. The number of oxazole rings is 1. The number of benzene rings is 1. The van der Waals surface area contributed by atoms with Crippen LogP contribution in [0.15, 0.2) is 45.4 Å². The summed E-state index contributed by atoms with van der Waals surface area (Å²) in [5, 5.41) is 17.5. The van der Waals surface area contributed by atoms with Gasteiger partial charge in [0.15, 0.2) is 11.7 Å². The van der Waals surface area contributed by atoms with Crippen molar-refractivity contribution in [1.82, 2.24) is 19.7 Å². The molecule has 0 aliphatic rings. The average molecular weight is 504 g/mol. The molecule has 0 spiro atoms. The van der Waals surface area contributed by atoms with Crippen LogP contribution < -0.4 is 14.2 Å². The summed E-state index contributed by atoms with van der Waals surface area (Å²) < 4.78 is 52.2. The minimum atomic E-state index is -4.20. The van der Waals surface area contributed by atoms with Crippen molar-refractivity contribution in [2.45, 2.75) is 32.1 Å². The summed E-state index contributed by atoms with van der Waals surface area (Å²) in [7, 11) is -1.25. The third-order valence-electron chi connectivity index (χ3n) is 5.36. The van der Waals surface area contributed by atoms with Gasteiger partial charge in [0.25, 0.3) is 0 Å².